The van der Waals surface area contributed by atoms with Crippen LogP contribution in [0.2, 0.25) is 0 Å². The van der Waals surface area contributed by atoms with Crippen LogP contribution in [0.1, 0.15) is 45.6 Å². The molecular formula is C28H28N4O. The number of benzene rings is 2. The van der Waals surface area contributed by atoms with Crippen LogP contribution in [-0.2, 0) is 13.1 Å². The molecule has 0 unspecified atom stereocenters. The predicted octanol–water partition coefficient (Wildman–Crippen LogP) is 4.99. The molecule has 5 nitrogen and oxygen atoms in total. The lowest BCUT2D eigenvalue weighted by atomic mass is 9.97. The molecule has 1 aliphatic carbocycles. The maximum atomic E-state index is 13.0. The Morgan fingerprint density at radius 3 is 2.73 bits per heavy atom. The van der Waals surface area contributed by atoms with Gasteiger partial charge >= 0.3 is 0 Å². The van der Waals surface area contributed by atoms with E-state index in [0.29, 0.717) is 19.0 Å². The van der Waals surface area contributed by atoms with Crippen molar-refractivity contribution in [3.05, 3.63) is 94.8 Å². The molecule has 5 rings (SSSR count). The van der Waals surface area contributed by atoms with Crippen LogP contribution in [0.25, 0.3) is 16.8 Å². The van der Waals surface area contributed by atoms with Gasteiger partial charge in [0, 0.05) is 53.5 Å². The zero-order chi connectivity index (χ0) is 22.8. The zero-order valence-electron chi connectivity index (χ0n) is 18.9. The molecule has 2 aromatic carbocycles. The van der Waals surface area contributed by atoms with Gasteiger partial charge in [0.25, 0.3) is 5.91 Å². The Kier molecular flexibility index (Phi) is 5.78. The number of allylic oxidation sites excluding steroid dienone is 1. The topological polar surface area (TPSA) is 71.6 Å². The van der Waals surface area contributed by atoms with E-state index in [9.17, 15) is 4.79 Å². The fourth-order valence-electron chi connectivity index (χ4n) is 4.31. The van der Waals surface area contributed by atoms with Crippen LogP contribution in [0.15, 0.2) is 71.9 Å². The number of hydrogen-bond acceptors (Lipinski definition) is 4. The summed E-state index contributed by atoms with van der Waals surface area (Å²) in [6.07, 6.45) is 5.85. The highest BCUT2D eigenvalue weighted by Gasteiger charge is 2.32. The maximum Gasteiger partial charge on any atom is 0.254 e. The molecule has 1 amide bonds. The number of carbonyl (C=O) groups is 1. The first kappa shape index (κ1) is 21.1. The first-order chi connectivity index (χ1) is 16.1. The highest BCUT2D eigenvalue weighted by atomic mass is 16.2. The summed E-state index contributed by atoms with van der Waals surface area (Å²) in [7, 11) is 0. The van der Waals surface area contributed by atoms with Crippen molar-refractivity contribution < 1.29 is 4.79 Å². The average Bonchev–Trinajstić information content (AvgIpc) is 3.61. The summed E-state index contributed by atoms with van der Waals surface area (Å²) in [6.45, 7) is 4.13. The molecule has 5 heteroatoms. The third-order valence-corrected chi connectivity index (χ3v) is 6.31. The number of aliphatic imine (C=N–C) groups is 1. The second-order valence-corrected chi connectivity index (χ2v) is 8.93. The summed E-state index contributed by atoms with van der Waals surface area (Å²) >= 11 is 0. The third kappa shape index (κ3) is 4.58. The Morgan fingerprint density at radius 1 is 1.15 bits per heavy atom. The molecular weight excluding hydrogens is 408 g/mol. The van der Waals surface area contributed by atoms with Gasteiger partial charge in [0.2, 0.25) is 0 Å². The number of fused-ring (bicyclic) bond motifs is 1. The minimum absolute atomic E-state index is 0.131. The summed E-state index contributed by atoms with van der Waals surface area (Å²) in [4.78, 5) is 24.4. The first-order valence-corrected chi connectivity index (χ1v) is 11.5. The number of pyridine rings is 1. The minimum Gasteiger partial charge on any atom is -0.404 e. The van der Waals surface area contributed by atoms with E-state index in [2.05, 4.69) is 29.3 Å². The van der Waals surface area contributed by atoms with Crippen molar-refractivity contribution in [2.24, 2.45) is 16.6 Å². The standard InChI is InChI=1S/C28H28N4O/c1-19-7-12-25(24(14-29)16-30-15-20-5-3-2-4-6-20)27(31-19)22-10-11-23-18-32(17-21-8-9-21)28(33)26(23)13-22/h2-7,10-14,16,21H,8-9,15,17-18,29H2,1H3. The van der Waals surface area contributed by atoms with Crippen LogP contribution < -0.4 is 5.73 Å². The normalized spacial score (nSPS) is 16.0. The number of aryl methyl sites for hydroxylation is 1. The summed E-state index contributed by atoms with van der Waals surface area (Å²) in [5.74, 6) is 0.812. The van der Waals surface area contributed by atoms with E-state index in [4.69, 9.17) is 10.7 Å². The molecule has 33 heavy (non-hydrogen) atoms. The highest BCUT2D eigenvalue weighted by molar-refractivity contribution is 6.12. The van der Waals surface area contributed by atoms with Crippen LogP contribution in [0.5, 0.6) is 0 Å². The smallest absolute Gasteiger partial charge is 0.254 e. The van der Waals surface area contributed by atoms with Gasteiger partial charge in [0.15, 0.2) is 0 Å². The van der Waals surface area contributed by atoms with Crippen LogP contribution in [-0.4, -0.2) is 28.6 Å². The number of rotatable bonds is 7. The van der Waals surface area contributed by atoms with Crippen molar-refractivity contribution in [2.75, 3.05) is 6.54 Å². The number of carbonyl (C=O) groups excluding carboxylic acids is 1. The highest BCUT2D eigenvalue weighted by Crippen LogP contribution is 2.35. The van der Waals surface area contributed by atoms with Gasteiger partial charge in [-0.2, -0.15) is 0 Å². The lowest BCUT2D eigenvalue weighted by molar-refractivity contribution is 0.0771. The van der Waals surface area contributed by atoms with E-state index < -0.39 is 0 Å². The molecule has 0 radical (unpaired) electrons. The molecule has 1 aliphatic heterocycles. The predicted molar refractivity (Wildman–Crippen MR) is 133 cm³/mol. The molecule has 1 aromatic heterocycles. The number of amides is 1. The first-order valence-electron chi connectivity index (χ1n) is 11.5. The van der Waals surface area contributed by atoms with Crippen molar-refractivity contribution in [1.29, 1.82) is 0 Å². The van der Waals surface area contributed by atoms with Gasteiger partial charge in [-0.15, -0.1) is 0 Å². The van der Waals surface area contributed by atoms with Crippen LogP contribution in [0.3, 0.4) is 0 Å². The van der Waals surface area contributed by atoms with Gasteiger partial charge in [-0.05, 0) is 48.9 Å². The largest absolute Gasteiger partial charge is 0.404 e. The van der Waals surface area contributed by atoms with E-state index in [-0.39, 0.29) is 5.91 Å². The molecule has 2 N–H and O–H groups in total. The second kappa shape index (κ2) is 9.02. The molecule has 0 spiro atoms. The monoisotopic (exact) mass is 436 g/mol. The van der Waals surface area contributed by atoms with Gasteiger partial charge in [0.1, 0.15) is 0 Å². The van der Waals surface area contributed by atoms with Crippen molar-refractivity contribution >= 4 is 17.7 Å². The van der Waals surface area contributed by atoms with Gasteiger partial charge in [0.05, 0.1) is 12.2 Å². The Morgan fingerprint density at radius 2 is 1.97 bits per heavy atom. The van der Waals surface area contributed by atoms with Crippen molar-refractivity contribution in [3.8, 4) is 11.3 Å². The van der Waals surface area contributed by atoms with E-state index in [0.717, 1.165) is 51.3 Å². The molecule has 3 aromatic rings. The molecule has 2 aliphatic rings. The third-order valence-electron chi connectivity index (χ3n) is 6.31. The summed E-state index contributed by atoms with van der Waals surface area (Å²) in [5.41, 5.74) is 13.4. The van der Waals surface area contributed by atoms with E-state index >= 15 is 0 Å². The van der Waals surface area contributed by atoms with Gasteiger partial charge in [-0.3, -0.25) is 14.8 Å². The molecule has 166 valence electrons. The van der Waals surface area contributed by atoms with Crippen molar-refractivity contribution in [1.82, 2.24) is 9.88 Å². The molecule has 1 fully saturated rings. The Bertz CT molecular complexity index is 1240. The summed E-state index contributed by atoms with van der Waals surface area (Å²) < 4.78 is 0. The molecule has 1 saturated carbocycles. The minimum atomic E-state index is 0.131. The van der Waals surface area contributed by atoms with Gasteiger partial charge in [-0.25, -0.2) is 0 Å². The van der Waals surface area contributed by atoms with Crippen molar-refractivity contribution in [2.45, 2.75) is 32.9 Å². The maximum absolute atomic E-state index is 13.0. The molecule has 0 atom stereocenters. The molecule has 0 saturated heterocycles. The van der Waals surface area contributed by atoms with E-state index in [1.54, 1.807) is 12.4 Å². The number of hydrogen-bond donors (Lipinski definition) is 1. The molecule has 0 bridgehead atoms. The van der Waals surface area contributed by atoms with E-state index in [1.165, 1.54) is 12.8 Å². The Hall–Kier alpha value is -3.73. The summed E-state index contributed by atoms with van der Waals surface area (Å²) in [5, 5.41) is 0. The lowest BCUT2D eigenvalue weighted by Crippen LogP contribution is -2.26. The molecule has 2 heterocycles. The number of nitrogens with two attached hydrogens (primary N) is 1. The van der Waals surface area contributed by atoms with Gasteiger partial charge < -0.3 is 10.6 Å². The quantitative estimate of drug-likeness (QED) is 0.530. The number of nitrogens with zero attached hydrogens (tertiary/aromatic N) is 3. The van der Waals surface area contributed by atoms with Crippen LogP contribution in [0, 0.1) is 12.8 Å². The van der Waals surface area contributed by atoms with Crippen molar-refractivity contribution in [3.63, 3.8) is 0 Å². The fourth-order valence-corrected chi connectivity index (χ4v) is 4.31. The van der Waals surface area contributed by atoms with Crippen LogP contribution in [0.4, 0.5) is 0 Å². The van der Waals surface area contributed by atoms with Gasteiger partial charge in [-0.1, -0.05) is 48.5 Å². The lowest BCUT2D eigenvalue weighted by Gasteiger charge is -2.14. The SMILES string of the molecule is Cc1ccc(C(C=NCc2ccccc2)=CN)c(-c2ccc3c(c2)C(=O)N(CC2CC2)C3)n1. The average molecular weight is 437 g/mol. The number of aromatic nitrogens is 1. The Labute approximate surface area is 194 Å². The van der Waals surface area contributed by atoms with Crippen LogP contribution >= 0.6 is 0 Å². The van der Waals surface area contributed by atoms with E-state index in [1.807, 2.05) is 48.2 Å². The zero-order valence-corrected chi connectivity index (χ0v) is 18.9. The fraction of sp³-hybridized carbons (Fsp3) is 0.250. The second-order valence-electron chi connectivity index (χ2n) is 8.93. The Balaban J connectivity index is 1.44. The summed E-state index contributed by atoms with van der Waals surface area (Å²) in [6, 6.07) is 20.2.